The SMILES string of the molecule is O=S([O-])Cc1ccc(-c2ccc(-c3ncco3)cc2-c2ccc(F)cc2)cc1. The Hall–Kier alpha value is -3.09. The first-order valence-corrected chi connectivity index (χ1v) is 9.79. The smallest absolute Gasteiger partial charge is 0.225 e. The van der Waals surface area contributed by atoms with Crippen LogP contribution in [-0.2, 0) is 16.8 Å². The first-order chi connectivity index (χ1) is 13.6. The zero-order valence-electron chi connectivity index (χ0n) is 14.7. The van der Waals surface area contributed by atoms with Crippen molar-refractivity contribution in [2.24, 2.45) is 0 Å². The van der Waals surface area contributed by atoms with Crippen LogP contribution in [0.15, 0.2) is 83.6 Å². The van der Waals surface area contributed by atoms with Crippen LogP contribution in [0.2, 0.25) is 0 Å². The lowest BCUT2D eigenvalue weighted by atomic mass is 9.92. The molecule has 6 heteroatoms. The van der Waals surface area contributed by atoms with Gasteiger partial charge in [0.05, 0.1) is 6.20 Å². The first-order valence-electron chi connectivity index (χ1n) is 8.55. The quantitative estimate of drug-likeness (QED) is 0.438. The second kappa shape index (κ2) is 7.88. The fraction of sp³-hybridized carbons (Fsp3) is 0.0455. The normalized spacial score (nSPS) is 12.1. The Morgan fingerprint density at radius 2 is 1.54 bits per heavy atom. The van der Waals surface area contributed by atoms with E-state index in [0.717, 1.165) is 33.4 Å². The van der Waals surface area contributed by atoms with Gasteiger partial charge in [0.25, 0.3) is 0 Å². The Labute approximate surface area is 164 Å². The third-order valence-electron chi connectivity index (χ3n) is 4.40. The maximum absolute atomic E-state index is 13.4. The number of rotatable bonds is 5. The van der Waals surface area contributed by atoms with Gasteiger partial charge in [-0.05, 0) is 52.1 Å². The lowest BCUT2D eigenvalue weighted by molar-refractivity contribution is 0.536. The largest absolute Gasteiger partial charge is 0.772 e. The molecule has 0 N–H and O–H groups in total. The summed E-state index contributed by atoms with van der Waals surface area (Å²) < 4.78 is 40.6. The molecule has 0 aliphatic rings. The summed E-state index contributed by atoms with van der Waals surface area (Å²) >= 11 is -2.13. The molecule has 0 saturated carbocycles. The van der Waals surface area contributed by atoms with E-state index >= 15 is 0 Å². The van der Waals surface area contributed by atoms with E-state index in [4.69, 9.17) is 4.42 Å². The maximum atomic E-state index is 13.4. The molecule has 0 bridgehead atoms. The van der Waals surface area contributed by atoms with Crippen molar-refractivity contribution in [1.29, 1.82) is 0 Å². The summed E-state index contributed by atoms with van der Waals surface area (Å²) in [5.41, 5.74) is 5.16. The fourth-order valence-corrected chi connectivity index (χ4v) is 3.54. The van der Waals surface area contributed by atoms with Gasteiger partial charge >= 0.3 is 0 Å². The summed E-state index contributed by atoms with van der Waals surface area (Å²) in [4.78, 5) is 4.19. The fourth-order valence-electron chi connectivity index (χ4n) is 3.08. The molecule has 0 amide bonds. The summed E-state index contributed by atoms with van der Waals surface area (Å²) in [6.07, 6.45) is 3.10. The van der Waals surface area contributed by atoms with E-state index in [2.05, 4.69) is 4.98 Å². The molecule has 0 aliphatic heterocycles. The van der Waals surface area contributed by atoms with Crippen LogP contribution >= 0.6 is 0 Å². The molecule has 1 heterocycles. The molecule has 4 nitrogen and oxygen atoms in total. The molecule has 4 aromatic rings. The Balaban J connectivity index is 1.81. The van der Waals surface area contributed by atoms with Gasteiger partial charge in [-0.3, -0.25) is 4.21 Å². The second-order valence-electron chi connectivity index (χ2n) is 6.25. The average molecular weight is 392 g/mol. The third-order valence-corrected chi connectivity index (χ3v) is 4.97. The third kappa shape index (κ3) is 3.93. The molecule has 1 atom stereocenters. The van der Waals surface area contributed by atoms with E-state index in [1.54, 1.807) is 30.5 Å². The molecule has 4 rings (SSSR count). The predicted octanol–water partition coefficient (Wildman–Crippen LogP) is 5.19. The summed E-state index contributed by atoms with van der Waals surface area (Å²) in [5, 5.41) is 0. The van der Waals surface area contributed by atoms with E-state index in [1.165, 1.54) is 18.4 Å². The van der Waals surface area contributed by atoms with Gasteiger partial charge in [-0.25, -0.2) is 9.37 Å². The number of hydrogen-bond acceptors (Lipinski definition) is 4. The summed E-state index contributed by atoms with van der Waals surface area (Å²) in [6, 6.07) is 19.5. The van der Waals surface area contributed by atoms with Gasteiger partial charge in [0.15, 0.2) is 0 Å². The number of halogens is 1. The highest BCUT2D eigenvalue weighted by Gasteiger charge is 2.12. The lowest BCUT2D eigenvalue weighted by Crippen LogP contribution is -1.93. The maximum Gasteiger partial charge on any atom is 0.225 e. The summed E-state index contributed by atoms with van der Waals surface area (Å²) in [5.74, 6) is 0.182. The molecule has 28 heavy (non-hydrogen) atoms. The molecule has 3 aromatic carbocycles. The van der Waals surface area contributed by atoms with Crippen LogP contribution < -0.4 is 0 Å². The van der Waals surface area contributed by atoms with Gasteiger partial charge in [-0.2, -0.15) is 0 Å². The van der Waals surface area contributed by atoms with Crippen molar-refractivity contribution < 1.29 is 17.6 Å². The number of nitrogens with zero attached hydrogens (tertiary/aromatic N) is 1. The standard InChI is InChI=1S/C22H16FNO3S/c23-19-8-5-17(6-9-19)21-13-18(22-24-11-12-27-22)7-10-20(21)16-3-1-15(2-4-16)14-28(25)26/h1-13H,14H2,(H,25,26)/p-1. The van der Waals surface area contributed by atoms with Crippen molar-refractivity contribution in [3.63, 3.8) is 0 Å². The first kappa shape index (κ1) is 18.3. The van der Waals surface area contributed by atoms with E-state index < -0.39 is 11.1 Å². The molecule has 0 radical (unpaired) electrons. The Morgan fingerprint density at radius 1 is 0.893 bits per heavy atom. The van der Waals surface area contributed by atoms with E-state index in [1.807, 2.05) is 30.3 Å². The van der Waals surface area contributed by atoms with Crippen LogP contribution in [0.3, 0.4) is 0 Å². The van der Waals surface area contributed by atoms with Crippen LogP contribution in [-0.4, -0.2) is 13.7 Å². The Kier molecular flexibility index (Phi) is 5.14. The van der Waals surface area contributed by atoms with E-state index in [9.17, 15) is 13.2 Å². The van der Waals surface area contributed by atoms with Crippen molar-refractivity contribution in [3.05, 3.63) is 90.6 Å². The van der Waals surface area contributed by atoms with Crippen molar-refractivity contribution in [3.8, 4) is 33.7 Å². The van der Waals surface area contributed by atoms with Gasteiger partial charge in [-0.15, -0.1) is 0 Å². The van der Waals surface area contributed by atoms with Crippen molar-refractivity contribution >= 4 is 11.1 Å². The number of hydrogen-bond donors (Lipinski definition) is 0. The number of aromatic nitrogens is 1. The molecule has 0 fully saturated rings. The van der Waals surface area contributed by atoms with Gasteiger partial charge < -0.3 is 8.97 Å². The van der Waals surface area contributed by atoms with Gasteiger partial charge in [0, 0.05) is 11.3 Å². The molecule has 140 valence electrons. The zero-order valence-corrected chi connectivity index (χ0v) is 15.5. The molecular formula is C22H15FNO3S-. The molecular weight excluding hydrogens is 377 g/mol. The molecule has 0 spiro atoms. The summed E-state index contributed by atoms with van der Waals surface area (Å²) in [7, 11) is 0. The number of benzene rings is 3. The minimum Gasteiger partial charge on any atom is -0.772 e. The van der Waals surface area contributed by atoms with Gasteiger partial charge in [0.1, 0.15) is 12.1 Å². The average Bonchev–Trinajstić information content (AvgIpc) is 3.23. The second-order valence-corrected chi connectivity index (χ2v) is 7.15. The van der Waals surface area contributed by atoms with Crippen LogP contribution in [0.25, 0.3) is 33.7 Å². The monoisotopic (exact) mass is 392 g/mol. The van der Waals surface area contributed by atoms with Gasteiger partial charge in [-0.1, -0.05) is 53.5 Å². The molecule has 1 unspecified atom stereocenters. The lowest BCUT2D eigenvalue weighted by Gasteiger charge is -2.13. The Morgan fingerprint density at radius 3 is 2.18 bits per heavy atom. The molecule has 0 aliphatic carbocycles. The van der Waals surface area contributed by atoms with Crippen LogP contribution in [0.5, 0.6) is 0 Å². The molecule has 0 saturated heterocycles. The van der Waals surface area contributed by atoms with E-state index in [-0.39, 0.29) is 11.6 Å². The highest BCUT2D eigenvalue weighted by molar-refractivity contribution is 7.78. The van der Waals surface area contributed by atoms with Crippen molar-refractivity contribution in [1.82, 2.24) is 4.98 Å². The van der Waals surface area contributed by atoms with Gasteiger partial charge in [0.2, 0.25) is 5.89 Å². The Bertz CT molecular complexity index is 1110. The van der Waals surface area contributed by atoms with Crippen molar-refractivity contribution in [2.75, 3.05) is 0 Å². The topological polar surface area (TPSA) is 66.2 Å². The van der Waals surface area contributed by atoms with Crippen LogP contribution in [0, 0.1) is 5.82 Å². The predicted molar refractivity (Wildman–Crippen MR) is 105 cm³/mol. The van der Waals surface area contributed by atoms with E-state index in [0.29, 0.717) is 5.89 Å². The highest BCUT2D eigenvalue weighted by atomic mass is 32.2. The minimum absolute atomic E-state index is 0.0196. The molecule has 1 aromatic heterocycles. The summed E-state index contributed by atoms with van der Waals surface area (Å²) in [6.45, 7) is 0. The number of oxazole rings is 1. The zero-order chi connectivity index (χ0) is 19.5. The van der Waals surface area contributed by atoms with Crippen molar-refractivity contribution in [2.45, 2.75) is 5.75 Å². The van der Waals surface area contributed by atoms with Crippen LogP contribution in [0.4, 0.5) is 4.39 Å². The highest BCUT2D eigenvalue weighted by Crippen LogP contribution is 2.35. The minimum atomic E-state index is -2.13. The van der Waals surface area contributed by atoms with Crippen LogP contribution in [0.1, 0.15) is 5.56 Å².